The third-order valence-electron chi connectivity index (χ3n) is 4.63. The summed E-state index contributed by atoms with van der Waals surface area (Å²) in [6, 6.07) is 10.5. The molecular weight excluding hydrogens is 491 g/mol. The summed E-state index contributed by atoms with van der Waals surface area (Å²) in [5.74, 6) is 2.93. The summed E-state index contributed by atoms with van der Waals surface area (Å²) >= 11 is 0. The maximum Gasteiger partial charge on any atom is 0.191 e. The van der Waals surface area contributed by atoms with E-state index in [4.69, 9.17) is 9.52 Å². The number of aliphatic imine (C=N–C) groups is 1. The average molecular weight is 522 g/mol. The second kappa shape index (κ2) is 11.7. The van der Waals surface area contributed by atoms with E-state index in [1.54, 1.807) is 0 Å². The maximum atomic E-state index is 5.39. The van der Waals surface area contributed by atoms with Gasteiger partial charge in [-0.2, -0.15) is 0 Å². The van der Waals surface area contributed by atoms with Gasteiger partial charge in [-0.15, -0.1) is 24.0 Å². The average Bonchev–Trinajstić information content (AvgIpc) is 3.34. The van der Waals surface area contributed by atoms with E-state index in [9.17, 15) is 0 Å². The Labute approximate surface area is 195 Å². The van der Waals surface area contributed by atoms with Crippen LogP contribution in [0.2, 0.25) is 0 Å². The van der Waals surface area contributed by atoms with Gasteiger partial charge >= 0.3 is 0 Å². The summed E-state index contributed by atoms with van der Waals surface area (Å²) in [5.41, 5.74) is 3.37. The highest BCUT2D eigenvalue weighted by Crippen LogP contribution is 2.14. The van der Waals surface area contributed by atoms with Crippen molar-refractivity contribution in [2.75, 3.05) is 6.54 Å². The van der Waals surface area contributed by atoms with E-state index in [1.807, 2.05) is 25.4 Å². The normalized spacial score (nSPS) is 11.4. The topological polar surface area (TPSA) is 80.3 Å². The molecule has 0 saturated carbocycles. The van der Waals surface area contributed by atoms with Gasteiger partial charge in [0.1, 0.15) is 5.82 Å². The van der Waals surface area contributed by atoms with E-state index in [-0.39, 0.29) is 24.0 Å². The zero-order valence-corrected chi connectivity index (χ0v) is 20.4. The Morgan fingerprint density at radius 3 is 2.67 bits per heavy atom. The number of hydrogen-bond donors (Lipinski definition) is 2. The van der Waals surface area contributed by atoms with Gasteiger partial charge in [0.15, 0.2) is 11.7 Å². The van der Waals surface area contributed by atoms with E-state index in [1.165, 1.54) is 11.1 Å². The number of benzene rings is 1. The van der Waals surface area contributed by atoms with Gasteiger partial charge in [0.2, 0.25) is 0 Å². The second-order valence-corrected chi connectivity index (χ2v) is 7.34. The highest BCUT2D eigenvalue weighted by atomic mass is 127. The Morgan fingerprint density at radius 2 is 2.00 bits per heavy atom. The number of aryl methyl sites for hydroxylation is 1. The molecule has 0 amide bonds. The summed E-state index contributed by atoms with van der Waals surface area (Å²) in [4.78, 5) is 8.99. The quantitative estimate of drug-likeness (QED) is 0.263. The molecule has 0 aliphatic heterocycles. The van der Waals surface area contributed by atoms with Gasteiger partial charge in [-0.1, -0.05) is 43.3 Å². The van der Waals surface area contributed by atoms with Crippen LogP contribution in [0.15, 0.2) is 52.2 Å². The lowest BCUT2D eigenvalue weighted by Crippen LogP contribution is -2.36. The molecule has 0 saturated heterocycles. The minimum atomic E-state index is 0. The van der Waals surface area contributed by atoms with E-state index in [0.29, 0.717) is 19.0 Å². The van der Waals surface area contributed by atoms with Gasteiger partial charge in [0.05, 0.1) is 18.8 Å². The molecule has 2 heterocycles. The fourth-order valence-electron chi connectivity index (χ4n) is 2.96. The molecule has 0 spiro atoms. The predicted octanol–water partition coefficient (Wildman–Crippen LogP) is 4.22. The van der Waals surface area contributed by atoms with E-state index in [2.05, 4.69) is 70.4 Å². The van der Waals surface area contributed by atoms with Crippen LogP contribution in [0.1, 0.15) is 55.1 Å². The molecule has 0 aliphatic rings. The zero-order valence-electron chi connectivity index (χ0n) is 18.1. The zero-order chi connectivity index (χ0) is 20.6. The summed E-state index contributed by atoms with van der Waals surface area (Å²) < 4.78 is 7.53. The third-order valence-corrected chi connectivity index (χ3v) is 4.63. The first-order valence-electron chi connectivity index (χ1n) is 10.1. The first kappa shape index (κ1) is 23.9. The van der Waals surface area contributed by atoms with Crippen LogP contribution in [-0.4, -0.2) is 27.2 Å². The number of nitrogens with zero attached hydrogens (tertiary/aromatic N) is 4. The molecule has 1 aromatic carbocycles. The largest absolute Gasteiger partial charge is 0.359 e. The van der Waals surface area contributed by atoms with Crippen molar-refractivity contribution in [3.63, 3.8) is 0 Å². The van der Waals surface area contributed by atoms with Gasteiger partial charge in [0, 0.05) is 31.5 Å². The molecule has 0 aliphatic carbocycles. The molecule has 7 nitrogen and oxygen atoms in total. The number of hydrogen-bond acceptors (Lipinski definition) is 4. The summed E-state index contributed by atoms with van der Waals surface area (Å²) in [7, 11) is 0. The smallest absolute Gasteiger partial charge is 0.191 e. The molecule has 0 atom stereocenters. The number of halogens is 1. The fraction of sp³-hybridized carbons (Fsp3) is 0.409. The van der Waals surface area contributed by atoms with Crippen molar-refractivity contribution in [1.29, 1.82) is 0 Å². The molecule has 0 radical (unpaired) electrons. The number of aromatic nitrogens is 3. The van der Waals surface area contributed by atoms with Crippen LogP contribution >= 0.6 is 24.0 Å². The number of guanidine groups is 1. The molecule has 8 heteroatoms. The van der Waals surface area contributed by atoms with Gasteiger partial charge < -0.3 is 19.7 Å². The van der Waals surface area contributed by atoms with E-state index in [0.717, 1.165) is 36.3 Å². The van der Waals surface area contributed by atoms with Gasteiger partial charge in [0.25, 0.3) is 0 Å². The van der Waals surface area contributed by atoms with Crippen LogP contribution in [0.5, 0.6) is 0 Å². The highest BCUT2D eigenvalue weighted by molar-refractivity contribution is 14.0. The molecule has 30 heavy (non-hydrogen) atoms. The molecule has 162 valence electrons. The standard InChI is InChI=1S/C22H30N6O.HI/c1-5-23-22(26-14-20-12-21(16(2)3)27-29-20)25-13-18-7-6-8-19(11-18)15-28-10-9-24-17(28)4;/h6-12,16H,5,13-15H2,1-4H3,(H2,23,25,26);1H. The van der Waals surface area contributed by atoms with Gasteiger partial charge in [-0.3, -0.25) is 0 Å². The number of imidazole rings is 1. The van der Waals surface area contributed by atoms with E-state index < -0.39 is 0 Å². The van der Waals surface area contributed by atoms with Crippen LogP contribution in [-0.2, 0) is 19.6 Å². The minimum Gasteiger partial charge on any atom is -0.359 e. The fourth-order valence-corrected chi connectivity index (χ4v) is 2.96. The first-order valence-corrected chi connectivity index (χ1v) is 10.1. The number of rotatable bonds is 8. The van der Waals surface area contributed by atoms with Crippen molar-refractivity contribution < 1.29 is 4.52 Å². The Balaban J connectivity index is 0.00000320. The third kappa shape index (κ3) is 6.86. The van der Waals surface area contributed by atoms with Gasteiger partial charge in [-0.25, -0.2) is 9.98 Å². The summed E-state index contributed by atoms with van der Waals surface area (Å²) in [5, 5.41) is 10.7. The minimum absolute atomic E-state index is 0. The van der Waals surface area contributed by atoms with Crippen molar-refractivity contribution in [2.45, 2.75) is 53.2 Å². The Hall–Kier alpha value is -2.36. The SMILES string of the molecule is CCNC(=NCc1cccc(Cn2ccnc2C)c1)NCc1cc(C(C)C)no1.I. The van der Waals surface area contributed by atoms with Crippen LogP contribution in [0.4, 0.5) is 0 Å². The predicted molar refractivity (Wildman–Crippen MR) is 130 cm³/mol. The highest BCUT2D eigenvalue weighted by Gasteiger charge is 2.08. The molecule has 3 rings (SSSR count). The van der Waals surface area contributed by atoms with Crippen LogP contribution in [0.3, 0.4) is 0 Å². The van der Waals surface area contributed by atoms with Crippen LogP contribution in [0.25, 0.3) is 0 Å². The lowest BCUT2D eigenvalue weighted by atomic mass is 10.1. The van der Waals surface area contributed by atoms with Crippen LogP contribution in [0, 0.1) is 6.92 Å². The molecule has 3 aromatic rings. The Kier molecular flexibility index (Phi) is 9.35. The van der Waals surface area contributed by atoms with Crippen LogP contribution < -0.4 is 10.6 Å². The second-order valence-electron chi connectivity index (χ2n) is 7.34. The molecule has 2 aromatic heterocycles. The van der Waals surface area contributed by atoms with E-state index >= 15 is 0 Å². The van der Waals surface area contributed by atoms with Crippen molar-refractivity contribution in [2.24, 2.45) is 4.99 Å². The van der Waals surface area contributed by atoms with Crippen molar-refractivity contribution in [1.82, 2.24) is 25.3 Å². The maximum absolute atomic E-state index is 5.39. The summed E-state index contributed by atoms with van der Waals surface area (Å²) in [6.07, 6.45) is 3.83. The first-order chi connectivity index (χ1) is 14.0. The molecule has 0 unspecified atom stereocenters. The molecule has 0 fully saturated rings. The lowest BCUT2D eigenvalue weighted by Gasteiger charge is -2.10. The summed E-state index contributed by atoms with van der Waals surface area (Å²) in [6.45, 7) is 11.0. The Bertz CT molecular complexity index is 947. The monoisotopic (exact) mass is 522 g/mol. The molecule has 2 N–H and O–H groups in total. The van der Waals surface area contributed by atoms with Gasteiger partial charge in [-0.05, 0) is 30.9 Å². The molecule has 0 bridgehead atoms. The van der Waals surface area contributed by atoms with Crippen molar-refractivity contribution in [3.05, 3.63) is 71.1 Å². The molecular formula is C22H31IN6O. The van der Waals surface area contributed by atoms with Crippen molar-refractivity contribution in [3.8, 4) is 0 Å². The lowest BCUT2D eigenvalue weighted by molar-refractivity contribution is 0.372. The Morgan fingerprint density at radius 1 is 1.20 bits per heavy atom. The number of nitrogens with one attached hydrogen (secondary N) is 2. The van der Waals surface area contributed by atoms with Crippen molar-refractivity contribution >= 4 is 29.9 Å².